The molecule has 0 saturated heterocycles. The van der Waals surface area contributed by atoms with Crippen molar-refractivity contribution in [2.24, 2.45) is 0 Å². The lowest BCUT2D eigenvalue weighted by molar-refractivity contribution is -0.117. The van der Waals surface area contributed by atoms with E-state index in [-0.39, 0.29) is 5.91 Å². The molecule has 1 amide bonds. The number of rotatable bonds is 8. The summed E-state index contributed by atoms with van der Waals surface area (Å²) in [6.45, 7) is 1.09. The number of nitrogens with zero attached hydrogens (tertiary/aromatic N) is 2. The van der Waals surface area contributed by atoms with Crippen LogP contribution in [0.4, 0.5) is 5.69 Å². The van der Waals surface area contributed by atoms with Crippen LogP contribution in [0.5, 0.6) is 11.5 Å². The highest BCUT2D eigenvalue weighted by Gasteiger charge is 2.21. The van der Waals surface area contributed by atoms with Gasteiger partial charge in [-0.3, -0.25) is 14.7 Å². The number of pyridine rings is 1. The fourth-order valence-electron chi connectivity index (χ4n) is 4.21. The van der Waals surface area contributed by atoms with Gasteiger partial charge < -0.3 is 14.8 Å². The second kappa shape index (κ2) is 9.35. The summed E-state index contributed by atoms with van der Waals surface area (Å²) in [6, 6.07) is 14.0. The molecule has 0 radical (unpaired) electrons. The smallest absolute Gasteiger partial charge is 0.238 e. The molecule has 0 aliphatic heterocycles. The Kier molecular flexibility index (Phi) is 6.37. The molecular weight excluding hydrogens is 390 g/mol. The third-order valence-electron chi connectivity index (χ3n) is 5.83. The van der Waals surface area contributed by atoms with Gasteiger partial charge in [0.05, 0.1) is 32.0 Å². The number of para-hydroxylation sites is 1. The average molecular weight is 420 g/mol. The third kappa shape index (κ3) is 4.64. The van der Waals surface area contributed by atoms with Crippen LogP contribution in [0, 0.1) is 0 Å². The largest absolute Gasteiger partial charge is 0.493 e. The van der Waals surface area contributed by atoms with Crippen LogP contribution in [-0.2, 0) is 24.1 Å². The van der Waals surface area contributed by atoms with E-state index in [1.807, 2.05) is 54.4 Å². The Labute approximate surface area is 183 Å². The van der Waals surface area contributed by atoms with Crippen LogP contribution in [0.1, 0.15) is 23.2 Å². The van der Waals surface area contributed by atoms with Gasteiger partial charge in [0.25, 0.3) is 0 Å². The maximum absolute atomic E-state index is 12.9. The van der Waals surface area contributed by atoms with Crippen LogP contribution in [0.15, 0.2) is 42.5 Å². The molecule has 1 N–H and O–H groups in total. The first-order valence-electron chi connectivity index (χ1n) is 10.7. The number of aryl methyl sites for hydroxylation is 1. The van der Waals surface area contributed by atoms with Gasteiger partial charge in [-0.05, 0) is 62.1 Å². The summed E-state index contributed by atoms with van der Waals surface area (Å²) in [5.74, 6) is 1.44. The minimum absolute atomic E-state index is 0.000245. The summed E-state index contributed by atoms with van der Waals surface area (Å²) in [5, 5.41) is 4.21. The molecule has 0 fully saturated rings. The van der Waals surface area contributed by atoms with Gasteiger partial charge in [0.2, 0.25) is 5.91 Å². The van der Waals surface area contributed by atoms with Crippen molar-refractivity contribution in [3.8, 4) is 11.5 Å². The molecule has 162 valence electrons. The summed E-state index contributed by atoms with van der Waals surface area (Å²) in [6.07, 6.45) is 3.86. The molecule has 31 heavy (non-hydrogen) atoms. The van der Waals surface area contributed by atoms with Gasteiger partial charge in [-0.15, -0.1) is 0 Å². The summed E-state index contributed by atoms with van der Waals surface area (Å²) in [5.41, 5.74) is 5.34. The first-order chi connectivity index (χ1) is 15.1. The average Bonchev–Trinajstić information content (AvgIpc) is 3.25. The van der Waals surface area contributed by atoms with E-state index >= 15 is 0 Å². The highest BCUT2D eigenvalue weighted by atomic mass is 16.5. The van der Waals surface area contributed by atoms with Crippen molar-refractivity contribution >= 4 is 22.5 Å². The number of anilines is 1. The normalized spacial score (nSPS) is 12.8. The molecule has 0 atom stereocenters. The molecule has 2 aromatic carbocycles. The van der Waals surface area contributed by atoms with E-state index < -0.39 is 0 Å². The molecule has 6 nitrogen and oxygen atoms in total. The van der Waals surface area contributed by atoms with Gasteiger partial charge in [0.15, 0.2) is 11.5 Å². The van der Waals surface area contributed by atoms with Gasteiger partial charge in [0.1, 0.15) is 0 Å². The first kappa shape index (κ1) is 21.1. The summed E-state index contributed by atoms with van der Waals surface area (Å²) in [7, 11) is 5.23. The quantitative estimate of drug-likeness (QED) is 0.601. The lowest BCUT2D eigenvalue weighted by atomic mass is 10.1. The molecule has 1 heterocycles. The number of carbonyl (C=O) groups is 1. The topological polar surface area (TPSA) is 63.7 Å². The van der Waals surface area contributed by atoms with Crippen LogP contribution < -0.4 is 14.8 Å². The van der Waals surface area contributed by atoms with E-state index in [2.05, 4.69) is 5.32 Å². The molecule has 4 rings (SSSR count). The van der Waals surface area contributed by atoms with E-state index in [1.54, 1.807) is 14.2 Å². The highest BCUT2D eigenvalue weighted by Crippen LogP contribution is 2.34. The van der Waals surface area contributed by atoms with Crippen molar-refractivity contribution in [2.75, 3.05) is 39.7 Å². The molecular formula is C25H29N3O3. The molecule has 6 heteroatoms. The molecule has 0 bridgehead atoms. The SMILES string of the molecule is COc1ccc(CCN(C)CC(=O)Nc2c3c(nc4ccccc24)CCC3)cc1OC. The maximum Gasteiger partial charge on any atom is 0.238 e. The Morgan fingerprint density at radius 1 is 1.10 bits per heavy atom. The van der Waals surface area contributed by atoms with Gasteiger partial charge in [-0.25, -0.2) is 0 Å². The molecule has 0 saturated carbocycles. The van der Waals surface area contributed by atoms with E-state index in [0.717, 1.165) is 71.6 Å². The Bertz CT molecular complexity index is 1100. The number of fused-ring (bicyclic) bond motifs is 2. The van der Waals surface area contributed by atoms with Gasteiger partial charge >= 0.3 is 0 Å². The molecule has 0 spiro atoms. The Morgan fingerprint density at radius 2 is 1.90 bits per heavy atom. The first-order valence-corrected chi connectivity index (χ1v) is 10.7. The summed E-state index contributed by atoms with van der Waals surface area (Å²) >= 11 is 0. The van der Waals surface area contributed by atoms with Crippen LogP contribution in [-0.4, -0.2) is 50.1 Å². The van der Waals surface area contributed by atoms with Crippen molar-refractivity contribution in [3.63, 3.8) is 0 Å². The zero-order valence-electron chi connectivity index (χ0n) is 18.4. The van der Waals surface area contributed by atoms with E-state index in [1.165, 1.54) is 5.56 Å². The number of likely N-dealkylation sites (N-methyl/N-ethyl adjacent to an activating group) is 1. The maximum atomic E-state index is 12.9. The van der Waals surface area contributed by atoms with Crippen LogP contribution >= 0.6 is 0 Å². The fraction of sp³-hybridized carbons (Fsp3) is 0.360. The second-order valence-corrected chi connectivity index (χ2v) is 8.01. The van der Waals surface area contributed by atoms with Crippen molar-refractivity contribution < 1.29 is 14.3 Å². The van der Waals surface area contributed by atoms with Gasteiger partial charge in [-0.2, -0.15) is 0 Å². The number of ether oxygens (including phenoxy) is 2. The number of nitrogens with one attached hydrogen (secondary N) is 1. The number of hydrogen-bond donors (Lipinski definition) is 1. The van der Waals surface area contributed by atoms with Gasteiger partial charge in [-0.1, -0.05) is 24.3 Å². The molecule has 3 aromatic rings. The van der Waals surface area contributed by atoms with E-state index in [0.29, 0.717) is 6.54 Å². The monoisotopic (exact) mass is 419 g/mol. The molecule has 0 unspecified atom stereocenters. The van der Waals surface area contributed by atoms with Crippen molar-refractivity contribution in [1.82, 2.24) is 9.88 Å². The minimum atomic E-state index is 0.000245. The standard InChI is InChI=1S/C25H29N3O3/c1-28(14-13-17-11-12-22(30-2)23(15-17)31-3)16-24(29)27-25-18-7-4-5-9-20(18)26-21-10-6-8-19(21)25/h4-5,7,9,11-12,15H,6,8,10,13-14,16H2,1-3H3,(H,26,27,29). The van der Waals surface area contributed by atoms with E-state index in [4.69, 9.17) is 14.5 Å². The Balaban J connectivity index is 1.41. The summed E-state index contributed by atoms with van der Waals surface area (Å²) in [4.78, 5) is 19.7. The number of methoxy groups -OCH3 is 2. The lowest BCUT2D eigenvalue weighted by Crippen LogP contribution is -2.32. The number of carbonyl (C=O) groups excluding carboxylic acids is 1. The van der Waals surface area contributed by atoms with E-state index in [9.17, 15) is 4.79 Å². The number of benzene rings is 2. The fourth-order valence-corrected chi connectivity index (χ4v) is 4.21. The van der Waals surface area contributed by atoms with Gasteiger partial charge in [0, 0.05) is 17.6 Å². The third-order valence-corrected chi connectivity index (χ3v) is 5.83. The zero-order valence-corrected chi connectivity index (χ0v) is 18.4. The molecule has 1 aromatic heterocycles. The van der Waals surface area contributed by atoms with Crippen molar-refractivity contribution in [3.05, 3.63) is 59.3 Å². The van der Waals surface area contributed by atoms with Crippen molar-refractivity contribution in [2.45, 2.75) is 25.7 Å². The summed E-state index contributed by atoms with van der Waals surface area (Å²) < 4.78 is 10.7. The predicted molar refractivity (Wildman–Crippen MR) is 123 cm³/mol. The predicted octanol–water partition coefficient (Wildman–Crippen LogP) is 3.85. The van der Waals surface area contributed by atoms with Crippen LogP contribution in [0.25, 0.3) is 10.9 Å². The number of hydrogen-bond acceptors (Lipinski definition) is 5. The highest BCUT2D eigenvalue weighted by molar-refractivity contribution is 6.03. The zero-order chi connectivity index (χ0) is 21.8. The Hall–Kier alpha value is -3.12. The second-order valence-electron chi connectivity index (χ2n) is 8.01. The molecule has 1 aliphatic rings. The van der Waals surface area contributed by atoms with Crippen molar-refractivity contribution in [1.29, 1.82) is 0 Å². The lowest BCUT2D eigenvalue weighted by Gasteiger charge is -2.18. The number of amides is 1. The Morgan fingerprint density at radius 3 is 2.71 bits per heavy atom. The molecule has 1 aliphatic carbocycles. The van der Waals surface area contributed by atoms with Crippen LogP contribution in [0.3, 0.4) is 0 Å². The number of aromatic nitrogens is 1. The van der Waals surface area contributed by atoms with Crippen LogP contribution in [0.2, 0.25) is 0 Å². The minimum Gasteiger partial charge on any atom is -0.493 e.